The van der Waals surface area contributed by atoms with E-state index in [1.54, 1.807) is 17.4 Å². The zero-order valence-corrected chi connectivity index (χ0v) is 12.3. The van der Waals surface area contributed by atoms with Gasteiger partial charge in [-0.25, -0.2) is 4.98 Å². The number of benzene rings is 1. The zero-order chi connectivity index (χ0) is 14.7. The molecule has 0 radical (unpaired) electrons. The third kappa shape index (κ3) is 3.55. The van der Waals surface area contributed by atoms with Crippen LogP contribution in [0.5, 0.6) is 0 Å². The first kappa shape index (κ1) is 13.5. The van der Waals surface area contributed by atoms with Gasteiger partial charge in [0.05, 0.1) is 17.1 Å². The van der Waals surface area contributed by atoms with Crippen LogP contribution in [0.15, 0.2) is 34.2 Å². The van der Waals surface area contributed by atoms with Gasteiger partial charge in [0.25, 0.3) is 5.89 Å². The van der Waals surface area contributed by atoms with Crippen molar-refractivity contribution in [1.29, 1.82) is 0 Å². The minimum Gasteiger partial charge on any atom is -0.399 e. The number of thiazole rings is 1. The van der Waals surface area contributed by atoms with E-state index in [1.165, 1.54) is 0 Å². The maximum absolute atomic E-state index is 5.73. The van der Waals surface area contributed by atoms with Gasteiger partial charge in [-0.15, -0.1) is 11.3 Å². The average Bonchev–Trinajstić information content (AvgIpc) is 3.06. The maximum atomic E-state index is 5.73. The van der Waals surface area contributed by atoms with Crippen molar-refractivity contribution in [3.05, 3.63) is 57.6 Å². The van der Waals surface area contributed by atoms with Crippen LogP contribution in [0.2, 0.25) is 0 Å². The average molecular weight is 298 g/mol. The number of nitrogens with zero attached hydrogens (tertiary/aromatic N) is 3. The van der Waals surface area contributed by atoms with Gasteiger partial charge in [0, 0.05) is 17.1 Å². The Labute approximate surface area is 126 Å². The van der Waals surface area contributed by atoms with Crippen molar-refractivity contribution in [2.75, 3.05) is 5.73 Å². The first-order chi connectivity index (χ1) is 10.2. The van der Waals surface area contributed by atoms with Crippen molar-refractivity contribution in [2.24, 2.45) is 0 Å². The number of hydrogen-bond donors (Lipinski definition) is 1. The molecule has 0 bridgehead atoms. The molecule has 5 nitrogen and oxygen atoms in total. The summed E-state index contributed by atoms with van der Waals surface area (Å²) in [4.78, 5) is 8.70. The highest BCUT2D eigenvalue weighted by Crippen LogP contribution is 2.13. The zero-order valence-electron chi connectivity index (χ0n) is 11.5. The summed E-state index contributed by atoms with van der Waals surface area (Å²) in [6.45, 7) is 1.98. The predicted octanol–water partition coefficient (Wildman–Crippen LogP) is 3.18. The van der Waals surface area contributed by atoms with Crippen LogP contribution in [0, 0.1) is 6.92 Å². The predicted molar refractivity (Wildman–Crippen MR) is 83.7 cm³/mol. The Kier molecular flexibility index (Phi) is 3.79. The molecule has 6 heteroatoms. The minimum absolute atomic E-state index is 0.472. The molecule has 3 rings (SSSR count). The van der Waals surface area contributed by atoms with Crippen LogP contribution < -0.4 is 5.73 Å². The molecule has 0 aliphatic carbocycles. The lowest BCUT2D eigenvalue weighted by Gasteiger charge is -1.94. The van der Waals surface area contributed by atoms with E-state index < -0.39 is 0 Å². The van der Waals surface area contributed by atoms with Crippen molar-refractivity contribution < 1.29 is 4.52 Å². The second-order valence-corrected chi connectivity index (χ2v) is 5.65. The number of anilines is 1. The Bertz CT molecular complexity index is 775. The molecule has 2 N–H and O–H groups in total. The van der Waals surface area contributed by atoms with E-state index in [-0.39, 0.29) is 0 Å². The molecule has 0 unspecified atom stereocenters. The van der Waals surface area contributed by atoms with E-state index in [2.05, 4.69) is 15.1 Å². The van der Waals surface area contributed by atoms with E-state index in [1.807, 2.05) is 42.6 Å². The van der Waals surface area contributed by atoms with Gasteiger partial charge < -0.3 is 10.3 Å². The molecule has 0 aliphatic heterocycles. The molecule has 0 saturated carbocycles. The van der Waals surface area contributed by atoms with Gasteiger partial charge in [0.1, 0.15) is 0 Å². The fourth-order valence-corrected chi connectivity index (χ4v) is 2.50. The van der Waals surface area contributed by atoms with Gasteiger partial charge in [-0.05, 0) is 30.7 Å². The van der Waals surface area contributed by atoms with Crippen LogP contribution in [0.1, 0.15) is 28.0 Å². The van der Waals surface area contributed by atoms with Gasteiger partial charge in [0.15, 0.2) is 5.82 Å². The molecule has 0 spiro atoms. The summed E-state index contributed by atoms with van der Waals surface area (Å²) in [6, 6.07) is 7.59. The van der Waals surface area contributed by atoms with Gasteiger partial charge in [0.2, 0.25) is 0 Å². The second-order valence-electron chi connectivity index (χ2n) is 4.59. The Morgan fingerprint density at radius 3 is 2.95 bits per heavy atom. The lowest BCUT2D eigenvalue weighted by Crippen LogP contribution is -1.91. The third-order valence-electron chi connectivity index (χ3n) is 2.82. The topological polar surface area (TPSA) is 77.8 Å². The standard InChI is InChI=1S/C15H14N4OS/c1-10-17-13(9-21-10)8-14-18-15(20-19-14)6-5-11-3-2-4-12(16)7-11/h2-7,9H,8,16H2,1H3/b6-5+. The van der Waals surface area contributed by atoms with Crippen LogP contribution in [-0.4, -0.2) is 15.1 Å². The molecule has 2 aromatic heterocycles. The van der Waals surface area contributed by atoms with Gasteiger partial charge in [-0.2, -0.15) is 4.98 Å². The summed E-state index contributed by atoms with van der Waals surface area (Å²) in [6.07, 6.45) is 4.25. The first-order valence-corrected chi connectivity index (χ1v) is 7.34. The highest BCUT2D eigenvalue weighted by Gasteiger charge is 2.07. The summed E-state index contributed by atoms with van der Waals surface area (Å²) in [7, 11) is 0. The van der Waals surface area contributed by atoms with Crippen molar-refractivity contribution in [3.8, 4) is 0 Å². The van der Waals surface area contributed by atoms with Crippen molar-refractivity contribution in [3.63, 3.8) is 0 Å². The number of rotatable bonds is 4. The fraction of sp³-hybridized carbons (Fsp3) is 0.133. The molecule has 0 aliphatic rings. The highest BCUT2D eigenvalue weighted by atomic mass is 32.1. The molecule has 1 aromatic carbocycles. The lowest BCUT2D eigenvalue weighted by molar-refractivity contribution is 0.404. The molecule has 0 saturated heterocycles. The van der Waals surface area contributed by atoms with Gasteiger partial charge >= 0.3 is 0 Å². The molecule has 0 atom stereocenters. The number of hydrogen-bond acceptors (Lipinski definition) is 6. The lowest BCUT2D eigenvalue weighted by atomic mass is 10.2. The minimum atomic E-state index is 0.472. The molecule has 2 heterocycles. The molecular formula is C15H14N4OS. The number of aromatic nitrogens is 3. The SMILES string of the molecule is Cc1nc(Cc2noc(/C=C/c3cccc(N)c3)n2)cs1. The van der Waals surface area contributed by atoms with Crippen LogP contribution in [-0.2, 0) is 6.42 Å². The summed E-state index contributed by atoms with van der Waals surface area (Å²) < 4.78 is 5.19. The van der Waals surface area contributed by atoms with E-state index >= 15 is 0 Å². The van der Waals surface area contributed by atoms with Crippen LogP contribution in [0.25, 0.3) is 12.2 Å². The van der Waals surface area contributed by atoms with E-state index in [0.29, 0.717) is 18.1 Å². The quantitative estimate of drug-likeness (QED) is 0.748. The molecule has 0 amide bonds. The van der Waals surface area contributed by atoms with Crippen LogP contribution >= 0.6 is 11.3 Å². The summed E-state index contributed by atoms with van der Waals surface area (Å²) >= 11 is 1.62. The Hall–Kier alpha value is -2.47. The van der Waals surface area contributed by atoms with Gasteiger partial charge in [-0.3, -0.25) is 0 Å². The molecule has 106 valence electrons. The second kappa shape index (κ2) is 5.88. The van der Waals surface area contributed by atoms with E-state index in [9.17, 15) is 0 Å². The Balaban J connectivity index is 1.70. The fourth-order valence-electron chi connectivity index (χ4n) is 1.89. The first-order valence-electron chi connectivity index (χ1n) is 6.46. The summed E-state index contributed by atoms with van der Waals surface area (Å²) in [5.74, 6) is 1.10. The molecular weight excluding hydrogens is 284 g/mol. The molecule has 21 heavy (non-hydrogen) atoms. The van der Waals surface area contributed by atoms with E-state index in [0.717, 1.165) is 22.0 Å². The van der Waals surface area contributed by atoms with Crippen molar-refractivity contribution >= 4 is 29.2 Å². The normalized spacial score (nSPS) is 11.3. The van der Waals surface area contributed by atoms with Crippen LogP contribution in [0.4, 0.5) is 5.69 Å². The van der Waals surface area contributed by atoms with Crippen molar-refractivity contribution in [2.45, 2.75) is 13.3 Å². The Morgan fingerprint density at radius 1 is 1.29 bits per heavy atom. The largest absolute Gasteiger partial charge is 0.399 e. The van der Waals surface area contributed by atoms with Gasteiger partial charge in [-0.1, -0.05) is 17.3 Å². The van der Waals surface area contributed by atoms with Crippen molar-refractivity contribution in [1.82, 2.24) is 15.1 Å². The highest BCUT2D eigenvalue weighted by molar-refractivity contribution is 7.09. The Morgan fingerprint density at radius 2 is 2.19 bits per heavy atom. The number of nitrogen functional groups attached to an aromatic ring is 1. The van der Waals surface area contributed by atoms with Crippen LogP contribution in [0.3, 0.4) is 0 Å². The third-order valence-corrected chi connectivity index (χ3v) is 3.64. The summed E-state index contributed by atoms with van der Waals surface area (Å²) in [5.41, 5.74) is 8.41. The molecule has 3 aromatic rings. The smallest absolute Gasteiger partial charge is 0.250 e. The monoisotopic (exact) mass is 298 g/mol. The van der Waals surface area contributed by atoms with E-state index in [4.69, 9.17) is 10.3 Å². The number of nitrogens with two attached hydrogens (primary N) is 1. The number of aryl methyl sites for hydroxylation is 1. The molecule has 0 fully saturated rings. The summed E-state index contributed by atoms with van der Waals surface area (Å²) in [5, 5.41) is 7.00. The maximum Gasteiger partial charge on any atom is 0.250 e.